The van der Waals surface area contributed by atoms with E-state index in [-0.39, 0.29) is 6.04 Å². The summed E-state index contributed by atoms with van der Waals surface area (Å²) < 4.78 is 10.6. The lowest BCUT2D eigenvalue weighted by atomic mass is 10.0. The normalized spacial score (nSPS) is 15.5. The van der Waals surface area contributed by atoms with Gasteiger partial charge in [-0.25, -0.2) is 0 Å². The molecule has 0 saturated heterocycles. The Morgan fingerprint density at radius 2 is 2.05 bits per heavy atom. The van der Waals surface area contributed by atoms with Crippen LogP contribution in [0, 0.1) is 0 Å². The number of thioether (sulfide) groups is 1. The van der Waals surface area contributed by atoms with Gasteiger partial charge in [-0.2, -0.15) is 11.8 Å². The molecule has 0 aliphatic rings. The maximum atomic E-state index is 10.2. The van der Waals surface area contributed by atoms with Gasteiger partial charge in [-0.3, -0.25) is 0 Å². The van der Waals surface area contributed by atoms with Crippen LogP contribution in [0.15, 0.2) is 18.2 Å². The van der Waals surface area contributed by atoms with E-state index in [4.69, 9.17) is 9.47 Å². The zero-order valence-electron chi connectivity index (χ0n) is 12.9. The molecule has 1 rings (SSSR count). The van der Waals surface area contributed by atoms with Gasteiger partial charge >= 0.3 is 0 Å². The van der Waals surface area contributed by atoms with Crippen molar-refractivity contribution in [2.24, 2.45) is 0 Å². The molecule has 0 amide bonds. The van der Waals surface area contributed by atoms with E-state index in [0.29, 0.717) is 12.3 Å². The van der Waals surface area contributed by atoms with E-state index in [9.17, 15) is 5.11 Å². The third-order valence-electron chi connectivity index (χ3n) is 3.15. The smallest absolute Gasteiger partial charge is 0.127 e. The summed E-state index contributed by atoms with van der Waals surface area (Å²) in [6, 6.07) is 5.85. The number of benzene rings is 1. The van der Waals surface area contributed by atoms with E-state index in [1.54, 1.807) is 26.0 Å². The highest BCUT2D eigenvalue weighted by Gasteiger charge is 2.21. The quantitative estimate of drug-likeness (QED) is 0.772. The van der Waals surface area contributed by atoms with Gasteiger partial charge in [0.1, 0.15) is 11.5 Å². The van der Waals surface area contributed by atoms with Crippen LogP contribution < -0.4 is 14.8 Å². The van der Waals surface area contributed by atoms with E-state index in [1.165, 1.54) is 0 Å². The summed E-state index contributed by atoms with van der Waals surface area (Å²) in [6.45, 7) is 4.43. The van der Waals surface area contributed by atoms with Crippen LogP contribution in [0.5, 0.6) is 11.5 Å². The maximum absolute atomic E-state index is 10.2. The lowest BCUT2D eigenvalue weighted by molar-refractivity contribution is 0.0819. The molecule has 0 aliphatic carbocycles. The van der Waals surface area contributed by atoms with Gasteiger partial charge in [-0.15, -0.1) is 0 Å². The molecule has 2 unspecified atom stereocenters. The van der Waals surface area contributed by atoms with E-state index >= 15 is 0 Å². The molecular formula is C15H25NO3S. The predicted octanol–water partition coefficient (Wildman–Crippen LogP) is 2.47. The van der Waals surface area contributed by atoms with Crippen molar-refractivity contribution in [2.45, 2.75) is 25.5 Å². The Kier molecular flexibility index (Phi) is 6.65. The Bertz CT molecular complexity index is 424. The van der Waals surface area contributed by atoms with E-state index in [1.807, 2.05) is 31.4 Å². The van der Waals surface area contributed by atoms with Gasteiger partial charge in [0.05, 0.1) is 19.8 Å². The molecule has 1 aromatic carbocycles. The number of methoxy groups -OCH3 is 2. The van der Waals surface area contributed by atoms with Crippen LogP contribution in [0.4, 0.5) is 0 Å². The van der Waals surface area contributed by atoms with Gasteiger partial charge < -0.3 is 19.9 Å². The summed E-state index contributed by atoms with van der Waals surface area (Å²) in [4.78, 5) is 0. The molecule has 2 N–H and O–H groups in total. The van der Waals surface area contributed by atoms with Crippen LogP contribution in [0.2, 0.25) is 0 Å². The minimum absolute atomic E-state index is 0.0872. The Morgan fingerprint density at radius 1 is 1.35 bits per heavy atom. The number of hydrogen-bond donors (Lipinski definition) is 2. The first kappa shape index (κ1) is 17.1. The molecule has 0 aromatic heterocycles. The first-order valence-corrected chi connectivity index (χ1v) is 7.99. The van der Waals surface area contributed by atoms with Crippen molar-refractivity contribution in [1.29, 1.82) is 0 Å². The molecule has 0 saturated carbocycles. The van der Waals surface area contributed by atoms with Gasteiger partial charge in [0.2, 0.25) is 0 Å². The van der Waals surface area contributed by atoms with Crippen molar-refractivity contribution in [2.75, 3.05) is 32.8 Å². The van der Waals surface area contributed by atoms with Crippen molar-refractivity contribution >= 4 is 11.8 Å². The summed E-state index contributed by atoms with van der Waals surface area (Å²) in [5.41, 5.74) is 0.334. The molecule has 114 valence electrons. The molecule has 4 nitrogen and oxygen atoms in total. The molecule has 0 radical (unpaired) electrons. The molecule has 5 heteroatoms. The van der Waals surface area contributed by atoms with E-state index in [0.717, 1.165) is 17.1 Å². The fourth-order valence-corrected chi connectivity index (χ4v) is 2.75. The molecule has 2 atom stereocenters. The molecule has 0 aliphatic heterocycles. The molecule has 0 heterocycles. The first-order valence-electron chi connectivity index (χ1n) is 6.60. The number of nitrogens with one attached hydrogen (secondary N) is 1. The van der Waals surface area contributed by atoms with Crippen LogP contribution in [0.1, 0.15) is 25.5 Å². The lowest BCUT2D eigenvalue weighted by Gasteiger charge is -2.26. The first-order chi connectivity index (χ1) is 9.43. The summed E-state index contributed by atoms with van der Waals surface area (Å²) >= 11 is 1.64. The number of ether oxygens (including phenoxy) is 2. The predicted molar refractivity (Wildman–Crippen MR) is 85.0 cm³/mol. The van der Waals surface area contributed by atoms with Crippen LogP contribution in [0.3, 0.4) is 0 Å². The second kappa shape index (κ2) is 7.76. The van der Waals surface area contributed by atoms with Crippen molar-refractivity contribution in [1.82, 2.24) is 5.32 Å². The maximum Gasteiger partial charge on any atom is 0.127 e. The van der Waals surface area contributed by atoms with Crippen LogP contribution in [-0.4, -0.2) is 43.5 Å². The van der Waals surface area contributed by atoms with Gasteiger partial charge in [0, 0.05) is 30.0 Å². The molecule has 0 fully saturated rings. The van der Waals surface area contributed by atoms with E-state index in [2.05, 4.69) is 12.2 Å². The number of rotatable bonds is 8. The van der Waals surface area contributed by atoms with Crippen molar-refractivity contribution in [3.8, 4) is 11.5 Å². The minimum Gasteiger partial charge on any atom is -0.497 e. The van der Waals surface area contributed by atoms with E-state index < -0.39 is 5.60 Å². The average molecular weight is 299 g/mol. The average Bonchev–Trinajstić information content (AvgIpc) is 2.44. The van der Waals surface area contributed by atoms with Crippen molar-refractivity contribution in [3.05, 3.63) is 23.8 Å². The third kappa shape index (κ3) is 4.89. The fourth-order valence-electron chi connectivity index (χ4n) is 2.02. The van der Waals surface area contributed by atoms with Gasteiger partial charge in [-0.05, 0) is 26.2 Å². The van der Waals surface area contributed by atoms with Crippen LogP contribution >= 0.6 is 11.8 Å². The Balaban J connectivity index is 2.74. The Morgan fingerprint density at radius 3 is 2.60 bits per heavy atom. The van der Waals surface area contributed by atoms with Crippen molar-refractivity contribution < 1.29 is 14.6 Å². The number of hydrogen-bond acceptors (Lipinski definition) is 5. The zero-order chi connectivity index (χ0) is 15.2. The second-order valence-electron chi connectivity index (χ2n) is 5.14. The standard InChI is InChI=1S/C15H25NO3S/c1-11(16-9-15(2,17)10-20-5)13-7-6-12(18-3)8-14(13)19-4/h6-8,11,16-17H,9-10H2,1-5H3. The van der Waals surface area contributed by atoms with Gasteiger partial charge in [0.15, 0.2) is 0 Å². The highest BCUT2D eigenvalue weighted by molar-refractivity contribution is 7.98. The molecule has 0 spiro atoms. The molecule has 1 aromatic rings. The topological polar surface area (TPSA) is 50.7 Å². The molecule has 20 heavy (non-hydrogen) atoms. The third-order valence-corrected chi connectivity index (χ3v) is 4.06. The fraction of sp³-hybridized carbons (Fsp3) is 0.600. The molecular weight excluding hydrogens is 274 g/mol. The summed E-state index contributed by atoms with van der Waals surface area (Å²) in [7, 11) is 3.28. The monoisotopic (exact) mass is 299 g/mol. The second-order valence-corrected chi connectivity index (χ2v) is 6.01. The zero-order valence-corrected chi connectivity index (χ0v) is 13.7. The highest BCUT2D eigenvalue weighted by atomic mass is 32.2. The summed E-state index contributed by atoms with van der Waals surface area (Å²) in [5.74, 6) is 2.26. The van der Waals surface area contributed by atoms with Crippen LogP contribution in [0.25, 0.3) is 0 Å². The van der Waals surface area contributed by atoms with Gasteiger partial charge in [-0.1, -0.05) is 6.07 Å². The largest absolute Gasteiger partial charge is 0.497 e. The van der Waals surface area contributed by atoms with Gasteiger partial charge in [0.25, 0.3) is 0 Å². The molecule has 0 bridgehead atoms. The summed E-state index contributed by atoms with van der Waals surface area (Å²) in [6.07, 6.45) is 1.99. The highest BCUT2D eigenvalue weighted by Crippen LogP contribution is 2.29. The lowest BCUT2D eigenvalue weighted by Crippen LogP contribution is -2.40. The SMILES string of the molecule is COc1ccc(C(C)NCC(C)(O)CSC)c(OC)c1. The Labute approximate surface area is 125 Å². The Hall–Kier alpha value is -0.910. The van der Waals surface area contributed by atoms with Crippen molar-refractivity contribution in [3.63, 3.8) is 0 Å². The minimum atomic E-state index is -0.715. The summed E-state index contributed by atoms with van der Waals surface area (Å²) in [5, 5.41) is 13.5. The van der Waals surface area contributed by atoms with Crippen LogP contribution in [-0.2, 0) is 0 Å². The number of aliphatic hydroxyl groups is 1.